The van der Waals surface area contributed by atoms with Crippen molar-refractivity contribution in [2.45, 2.75) is 18.4 Å². The molecule has 2 N–H and O–H groups in total. The highest BCUT2D eigenvalue weighted by Gasteiger charge is 2.16. The number of methoxy groups -OCH3 is 1. The Kier molecular flexibility index (Phi) is 7.27. The van der Waals surface area contributed by atoms with Crippen LogP contribution in [-0.2, 0) is 9.47 Å². The molecule has 8 heteroatoms. The topological polar surface area (TPSA) is 102 Å². The fraction of sp³-hybridized carbons (Fsp3) is 0.583. The van der Waals surface area contributed by atoms with Crippen LogP contribution >= 0.6 is 11.8 Å². The molecule has 0 bridgehead atoms. The van der Waals surface area contributed by atoms with Crippen molar-refractivity contribution in [1.29, 1.82) is 0 Å². The van der Waals surface area contributed by atoms with E-state index in [2.05, 4.69) is 9.97 Å². The Balaban J connectivity index is 2.51. The first kappa shape index (κ1) is 16.7. The van der Waals surface area contributed by atoms with Gasteiger partial charge in [-0.2, -0.15) is 4.98 Å². The highest BCUT2D eigenvalue weighted by molar-refractivity contribution is 7.99. The molecule has 20 heavy (non-hydrogen) atoms. The number of aromatic nitrogens is 2. The number of aromatic carboxylic acids is 1. The predicted octanol–water partition coefficient (Wildman–Crippen LogP) is 0.922. The Morgan fingerprint density at radius 1 is 1.40 bits per heavy atom. The molecule has 112 valence electrons. The summed E-state index contributed by atoms with van der Waals surface area (Å²) in [7, 11) is 1.60. The minimum atomic E-state index is -1.09. The molecule has 0 saturated heterocycles. The third kappa shape index (κ3) is 5.32. The predicted molar refractivity (Wildman–Crippen MR) is 74.6 cm³/mol. The van der Waals surface area contributed by atoms with Crippen LogP contribution in [0, 0.1) is 6.92 Å². The Bertz CT molecular complexity index is 503. The normalized spacial score (nSPS) is 10.7. The molecule has 0 amide bonds. The highest BCUT2D eigenvalue weighted by Crippen LogP contribution is 2.21. The average molecular weight is 302 g/mol. The van der Waals surface area contributed by atoms with Crippen molar-refractivity contribution in [1.82, 2.24) is 9.97 Å². The van der Waals surface area contributed by atoms with E-state index in [1.807, 2.05) is 0 Å². The van der Waals surface area contributed by atoms with E-state index in [0.717, 1.165) is 6.42 Å². The van der Waals surface area contributed by atoms with Gasteiger partial charge >= 0.3 is 11.7 Å². The number of aromatic amines is 1. The zero-order valence-electron chi connectivity index (χ0n) is 11.5. The number of aryl methyl sites for hydroxylation is 1. The van der Waals surface area contributed by atoms with Crippen molar-refractivity contribution in [3.8, 4) is 0 Å². The third-order valence-electron chi connectivity index (χ3n) is 2.40. The Morgan fingerprint density at radius 2 is 2.15 bits per heavy atom. The number of hydrogen-bond acceptors (Lipinski definition) is 6. The van der Waals surface area contributed by atoms with Crippen molar-refractivity contribution in [3.63, 3.8) is 0 Å². The number of ether oxygens (including phenoxy) is 2. The quantitative estimate of drug-likeness (QED) is 0.397. The number of H-pyrrole nitrogens is 1. The number of carboxylic acids is 1. The van der Waals surface area contributed by atoms with Crippen LogP contribution in [0.25, 0.3) is 0 Å². The summed E-state index contributed by atoms with van der Waals surface area (Å²) in [5.74, 6) is -0.464. The molecule has 1 rings (SSSR count). The lowest BCUT2D eigenvalue weighted by atomic mass is 10.2. The first-order valence-corrected chi connectivity index (χ1v) is 7.08. The van der Waals surface area contributed by atoms with Crippen LogP contribution in [0.15, 0.2) is 9.82 Å². The van der Waals surface area contributed by atoms with Crippen LogP contribution in [0.3, 0.4) is 0 Å². The zero-order chi connectivity index (χ0) is 15.0. The molecule has 0 aromatic carbocycles. The van der Waals surface area contributed by atoms with E-state index in [4.69, 9.17) is 14.6 Å². The average Bonchev–Trinajstić information content (AvgIpc) is 2.36. The van der Waals surface area contributed by atoms with Gasteiger partial charge in [-0.1, -0.05) is 0 Å². The highest BCUT2D eigenvalue weighted by atomic mass is 32.2. The van der Waals surface area contributed by atoms with E-state index in [9.17, 15) is 9.59 Å². The summed E-state index contributed by atoms with van der Waals surface area (Å²) in [4.78, 5) is 28.5. The van der Waals surface area contributed by atoms with Gasteiger partial charge in [-0.15, -0.1) is 11.8 Å². The van der Waals surface area contributed by atoms with Gasteiger partial charge in [0.15, 0.2) is 0 Å². The van der Waals surface area contributed by atoms with Crippen LogP contribution < -0.4 is 5.69 Å². The third-order valence-corrected chi connectivity index (χ3v) is 3.47. The molecule has 0 unspecified atom stereocenters. The van der Waals surface area contributed by atoms with Crippen LogP contribution in [0.4, 0.5) is 0 Å². The van der Waals surface area contributed by atoms with E-state index in [1.165, 1.54) is 11.8 Å². The van der Waals surface area contributed by atoms with E-state index in [0.29, 0.717) is 31.3 Å². The van der Waals surface area contributed by atoms with Crippen molar-refractivity contribution >= 4 is 17.7 Å². The summed E-state index contributed by atoms with van der Waals surface area (Å²) in [5, 5.41) is 9.37. The molecule has 1 aromatic rings. The number of rotatable bonds is 9. The number of carbonyl (C=O) groups is 1. The second-order valence-corrected chi connectivity index (χ2v) is 5.04. The SMILES string of the molecule is COCCOCCCSc1nc(=O)[nH]c(C)c1C(=O)O. The molecule has 0 saturated carbocycles. The van der Waals surface area contributed by atoms with Gasteiger partial charge in [-0.3, -0.25) is 0 Å². The molecule has 0 aliphatic rings. The first-order valence-electron chi connectivity index (χ1n) is 6.10. The Hall–Kier alpha value is -1.38. The summed E-state index contributed by atoms with van der Waals surface area (Å²) >= 11 is 1.24. The van der Waals surface area contributed by atoms with E-state index >= 15 is 0 Å². The molecule has 1 heterocycles. The monoisotopic (exact) mass is 302 g/mol. The number of carboxylic acid groups (broad SMARTS) is 1. The Labute approximate surface area is 120 Å². The van der Waals surface area contributed by atoms with Crippen molar-refractivity contribution in [3.05, 3.63) is 21.7 Å². The minimum Gasteiger partial charge on any atom is -0.478 e. The molecular formula is C12H18N2O5S. The molecule has 0 radical (unpaired) electrons. The van der Waals surface area contributed by atoms with Gasteiger partial charge in [-0.05, 0) is 13.3 Å². The van der Waals surface area contributed by atoms with Gasteiger partial charge in [0, 0.05) is 25.2 Å². The summed E-state index contributed by atoms with van der Waals surface area (Å²) in [6, 6.07) is 0. The molecule has 0 aliphatic heterocycles. The lowest BCUT2D eigenvalue weighted by molar-refractivity contribution is 0.0690. The second kappa shape index (κ2) is 8.72. The van der Waals surface area contributed by atoms with Gasteiger partial charge in [0.2, 0.25) is 0 Å². The maximum Gasteiger partial charge on any atom is 0.346 e. The van der Waals surface area contributed by atoms with Gasteiger partial charge in [-0.25, -0.2) is 9.59 Å². The van der Waals surface area contributed by atoms with E-state index in [1.54, 1.807) is 14.0 Å². The summed E-state index contributed by atoms with van der Waals surface area (Å²) < 4.78 is 10.1. The van der Waals surface area contributed by atoms with Crippen molar-refractivity contribution in [2.75, 3.05) is 32.7 Å². The summed E-state index contributed by atoms with van der Waals surface area (Å²) in [6.45, 7) is 3.18. The van der Waals surface area contributed by atoms with Crippen molar-refractivity contribution in [2.24, 2.45) is 0 Å². The lowest BCUT2D eigenvalue weighted by Gasteiger charge is -2.07. The number of nitrogens with one attached hydrogen (secondary N) is 1. The summed E-state index contributed by atoms with van der Waals surface area (Å²) in [6.07, 6.45) is 0.737. The maximum atomic E-state index is 11.3. The number of thioether (sulfide) groups is 1. The molecule has 0 aliphatic carbocycles. The maximum absolute atomic E-state index is 11.3. The lowest BCUT2D eigenvalue weighted by Crippen LogP contribution is -2.18. The molecule has 1 aromatic heterocycles. The largest absolute Gasteiger partial charge is 0.478 e. The van der Waals surface area contributed by atoms with Crippen molar-refractivity contribution < 1.29 is 19.4 Å². The van der Waals surface area contributed by atoms with Gasteiger partial charge in [0.25, 0.3) is 0 Å². The molecule has 0 spiro atoms. The second-order valence-electron chi connectivity index (χ2n) is 3.96. The summed E-state index contributed by atoms with van der Waals surface area (Å²) in [5.41, 5.74) is -0.169. The van der Waals surface area contributed by atoms with Gasteiger partial charge < -0.3 is 19.6 Å². The van der Waals surface area contributed by atoms with E-state index in [-0.39, 0.29) is 10.6 Å². The first-order chi connectivity index (χ1) is 9.56. The zero-order valence-corrected chi connectivity index (χ0v) is 12.3. The van der Waals surface area contributed by atoms with Crippen LogP contribution in [-0.4, -0.2) is 53.7 Å². The Morgan fingerprint density at radius 3 is 2.80 bits per heavy atom. The number of hydrogen-bond donors (Lipinski definition) is 2. The van der Waals surface area contributed by atoms with Crippen LogP contribution in [0.1, 0.15) is 22.5 Å². The smallest absolute Gasteiger partial charge is 0.346 e. The molecule has 7 nitrogen and oxygen atoms in total. The van der Waals surface area contributed by atoms with E-state index < -0.39 is 11.7 Å². The molecule has 0 fully saturated rings. The van der Waals surface area contributed by atoms with Crippen LogP contribution in [0.5, 0.6) is 0 Å². The van der Waals surface area contributed by atoms with Gasteiger partial charge in [0.1, 0.15) is 10.6 Å². The van der Waals surface area contributed by atoms with Gasteiger partial charge in [0.05, 0.1) is 13.2 Å². The number of nitrogens with zero attached hydrogens (tertiary/aromatic N) is 1. The fourth-order valence-corrected chi connectivity index (χ4v) is 2.48. The standard InChI is InChI=1S/C12H18N2O5S/c1-8-9(11(15)16)10(14-12(17)13-8)20-7-3-4-19-6-5-18-2/h3-7H2,1-2H3,(H,15,16)(H,13,14,17). The molecular weight excluding hydrogens is 284 g/mol. The fourth-order valence-electron chi connectivity index (χ4n) is 1.49. The molecule has 0 atom stereocenters. The van der Waals surface area contributed by atoms with Crippen LogP contribution in [0.2, 0.25) is 0 Å². The minimum absolute atomic E-state index is 0.0508.